The highest BCUT2D eigenvalue weighted by Crippen LogP contribution is 2.41. The van der Waals surface area contributed by atoms with E-state index in [0.29, 0.717) is 0 Å². The second kappa shape index (κ2) is 7.12. The summed E-state index contributed by atoms with van der Waals surface area (Å²) in [5.41, 5.74) is 3.22. The van der Waals surface area contributed by atoms with Gasteiger partial charge in [0.2, 0.25) is 0 Å². The van der Waals surface area contributed by atoms with Crippen LogP contribution in [0.5, 0.6) is 0 Å². The normalized spacial score (nSPS) is 11.5. The number of hydrogen-bond donors (Lipinski definition) is 4. The van der Waals surface area contributed by atoms with Crippen molar-refractivity contribution in [3.8, 4) is 0 Å². The van der Waals surface area contributed by atoms with Crippen LogP contribution in [-0.2, 0) is 5.41 Å². The molecule has 0 aromatic heterocycles. The predicted octanol–water partition coefficient (Wildman–Crippen LogP) is 6.20. The van der Waals surface area contributed by atoms with Crippen LogP contribution in [0.1, 0.15) is 23.6 Å². The van der Waals surface area contributed by atoms with Gasteiger partial charge in [0.1, 0.15) is 0 Å². The van der Waals surface area contributed by atoms with Gasteiger partial charge in [-0.3, -0.25) is 0 Å². The highest BCUT2D eigenvalue weighted by Gasteiger charge is 2.31. The van der Waals surface area contributed by atoms with Crippen LogP contribution in [-0.4, -0.2) is 0 Å². The van der Waals surface area contributed by atoms with Gasteiger partial charge in [0.15, 0.2) is 0 Å². The van der Waals surface area contributed by atoms with Gasteiger partial charge in [-0.25, -0.2) is 0 Å². The van der Waals surface area contributed by atoms with Gasteiger partial charge in [-0.1, -0.05) is 42.5 Å². The summed E-state index contributed by atoms with van der Waals surface area (Å²) < 4.78 is 0. The molecule has 0 heterocycles. The first-order valence-electron chi connectivity index (χ1n) is 7.53. The molecule has 24 heavy (non-hydrogen) atoms. The Kier molecular flexibility index (Phi) is 5.30. The first kappa shape index (κ1) is 17.9. The largest absolute Gasteiger partial charge is 0.142 e. The molecule has 0 aliphatic heterocycles. The molecule has 3 rings (SSSR count). The van der Waals surface area contributed by atoms with Crippen molar-refractivity contribution in [2.75, 3.05) is 0 Å². The average molecular weight is 387 g/mol. The third kappa shape index (κ3) is 3.25. The molecule has 0 spiro atoms. The molecular weight excluding hydrogens is 368 g/mol. The van der Waals surface area contributed by atoms with Crippen molar-refractivity contribution in [1.29, 1.82) is 0 Å². The molecule has 0 saturated heterocycles. The lowest BCUT2D eigenvalue weighted by atomic mass is 9.71. The molecular formula is C20H18S4. The highest BCUT2D eigenvalue weighted by molar-refractivity contribution is 7.83. The van der Waals surface area contributed by atoms with E-state index in [2.05, 4.69) is 106 Å². The summed E-state index contributed by atoms with van der Waals surface area (Å²) in [4.78, 5) is 3.49. The molecule has 0 amide bonds. The Morgan fingerprint density at radius 3 is 1.42 bits per heavy atom. The van der Waals surface area contributed by atoms with Crippen LogP contribution in [0.15, 0.2) is 86.3 Å². The van der Waals surface area contributed by atoms with Crippen LogP contribution < -0.4 is 0 Å². The SMILES string of the molecule is CC(c1ccccc1)(c1ccc(S)c(S)c1)c1ccc(S)c(S)c1. The number of rotatable bonds is 3. The van der Waals surface area contributed by atoms with E-state index in [9.17, 15) is 0 Å². The van der Waals surface area contributed by atoms with Gasteiger partial charge >= 0.3 is 0 Å². The molecule has 0 aliphatic rings. The Balaban J connectivity index is 2.28. The predicted molar refractivity (Wildman–Crippen MR) is 114 cm³/mol. The molecule has 0 fully saturated rings. The fourth-order valence-corrected chi connectivity index (χ4v) is 3.65. The van der Waals surface area contributed by atoms with Crippen molar-refractivity contribution in [3.05, 3.63) is 83.4 Å². The lowest BCUT2D eigenvalue weighted by Gasteiger charge is -2.32. The lowest BCUT2D eigenvalue weighted by molar-refractivity contribution is 0.685. The van der Waals surface area contributed by atoms with Crippen molar-refractivity contribution in [2.24, 2.45) is 0 Å². The van der Waals surface area contributed by atoms with Gasteiger partial charge in [-0.2, -0.15) is 0 Å². The number of thiol groups is 4. The molecule has 122 valence electrons. The van der Waals surface area contributed by atoms with E-state index in [-0.39, 0.29) is 5.41 Å². The Morgan fingerprint density at radius 2 is 1.00 bits per heavy atom. The fraction of sp³-hybridized carbons (Fsp3) is 0.100. The van der Waals surface area contributed by atoms with Gasteiger partial charge in [0.25, 0.3) is 0 Å². The summed E-state index contributed by atoms with van der Waals surface area (Å²) in [6.07, 6.45) is 0. The van der Waals surface area contributed by atoms with E-state index < -0.39 is 0 Å². The summed E-state index contributed by atoms with van der Waals surface area (Å²) >= 11 is 18.0. The second-order valence-corrected chi connectivity index (χ2v) is 7.83. The molecule has 0 bridgehead atoms. The second-order valence-electron chi connectivity index (χ2n) is 5.90. The lowest BCUT2D eigenvalue weighted by Crippen LogP contribution is -2.25. The third-order valence-corrected chi connectivity index (χ3v) is 6.33. The Labute approximate surface area is 165 Å². The van der Waals surface area contributed by atoms with Crippen molar-refractivity contribution in [3.63, 3.8) is 0 Å². The maximum absolute atomic E-state index is 4.56. The van der Waals surface area contributed by atoms with Crippen LogP contribution in [0.2, 0.25) is 0 Å². The van der Waals surface area contributed by atoms with E-state index in [0.717, 1.165) is 30.7 Å². The zero-order chi connectivity index (χ0) is 17.3. The number of hydrogen-bond acceptors (Lipinski definition) is 4. The smallest absolute Gasteiger partial charge is 0.0424 e. The zero-order valence-electron chi connectivity index (χ0n) is 13.1. The minimum absolute atomic E-state index is 0.320. The van der Waals surface area contributed by atoms with Gasteiger partial charge < -0.3 is 0 Å². The quantitative estimate of drug-likeness (QED) is 0.299. The maximum Gasteiger partial charge on any atom is 0.0424 e. The van der Waals surface area contributed by atoms with Crippen LogP contribution in [0.25, 0.3) is 0 Å². The molecule has 0 radical (unpaired) electrons. The van der Waals surface area contributed by atoms with Crippen molar-refractivity contribution >= 4 is 50.5 Å². The molecule has 0 aliphatic carbocycles. The Hall–Kier alpha value is -0.940. The zero-order valence-corrected chi connectivity index (χ0v) is 16.7. The summed E-state index contributed by atoms with van der Waals surface area (Å²) in [6.45, 7) is 2.23. The highest BCUT2D eigenvalue weighted by atomic mass is 32.1. The Morgan fingerprint density at radius 1 is 0.542 bits per heavy atom. The molecule has 0 unspecified atom stereocenters. The third-order valence-electron chi connectivity index (χ3n) is 4.46. The van der Waals surface area contributed by atoms with Crippen molar-refractivity contribution in [1.82, 2.24) is 0 Å². The molecule has 3 aromatic carbocycles. The standard InChI is InChI=1S/C20H18S4/c1-20(13-5-3-2-4-6-13,14-7-9-16(21)18(23)11-14)15-8-10-17(22)19(24)12-15/h2-12,21-24H,1H3. The van der Waals surface area contributed by atoms with E-state index >= 15 is 0 Å². The molecule has 3 aromatic rings. The van der Waals surface area contributed by atoms with Gasteiger partial charge in [-0.05, 0) is 47.9 Å². The van der Waals surface area contributed by atoms with E-state index in [1.165, 1.54) is 5.56 Å². The van der Waals surface area contributed by atoms with E-state index in [4.69, 9.17) is 0 Å². The summed E-state index contributed by atoms with van der Waals surface area (Å²) in [7, 11) is 0. The summed E-state index contributed by atoms with van der Waals surface area (Å²) in [6, 6.07) is 22.9. The van der Waals surface area contributed by atoms with Crippen LogP contribution >= 0.6 is 50.5 Å². The van der Waals surface area contributed by atoms with Crippen molar-refractivity contribution < 1.29 is 0 Å². The minimum atomic E-state index is -0.320. The van der Waals surface area contributed by atoms with Crippen LogP contribution in [0, 0.1) is 0 Å². The van der Waals surface area contributed by atoms with E-state index in [1.54, 1.807) is 0 Å². The molecule has 0 N–H and O–H groups in total. The first-order valence-corrected chi connectivity index (χ1v) is 9.32. The topological polar surface area (TPSA) is 0 Å². The summed E-state index contributed by atoms with van der Waals surface area (Å²) in [5, 5.41) is 0. The van der Waals surface area contributed by atoms with Gasteiger partial charge in [-0.15, -0.1) is 50.5 Å². The van der Waals surface area contributed by atoms with Gasteiger partial charge in [0.05, 0.1) is 0 Å². The number of benzene rings is 3. The van der Waals surface area contributed by atoms with Crippen molar-refractivity contribution in [2.45, 2.75) is 31.9 Å². The maximum atomic E-state index is 4.56. The fourth-order valence-electron chi connectivity index (χ4n) is 2.94. The Bertz CT molecular complexity index is 821. The summed E-state index contributed by atoms with van der Waals surface area (Å²) in [5.74, 6) is 0. The van der Waals surface area contributed by atoms with E-state index in [1.807, 2.05) is 18.2 Å². The molecule has 4 heteroatoms. The monoisotopic (exact) mass is 386 g/mol. The molecule has 0 atom stereocenters. The minimum Gasteiger partial charge on any atom is -0.142 e. The van der Waals surface area contributed by atoms with Crippen LogP contribution in [0.4, 0.5) is 0 Å². The average Bonchev–Trinajstić information content (AvgIpc) is 2.60. The molecule has 0 nitrogen and oxygen atoms in total. The molecule has 0 saturated carbocycles. The van der Waals surface area contributed by atoms with Gasteiger partial charge in [0, 0.05) is 25.0 Å². The first-order chi connectivity index (χ1) is 11.4. The van der Waals surface area contributed by atoms with Crippen LogP contribution in [0.3, 0.4) is 0 Å².